The van der Waals surface area contributed by atoms with Crippen LogP contribution in [-0.2, 0) is 4.74 Å². The quantitative estimate of drug-likeness (QED) is 0.841. The lowest BCUT2D eigenvalue weighted by atomic mass is 9.85. The molecule has 1 N–H and O–H groups in total. The molecule has 0 radical (unpaired) electrons. The van der Waals surface area contributed by atoms with Crippen molar-refractivity contribution in [3.8, 4) is 0 Å². The number of hydrogen-bond donors (Lipinski definition) is 1. The Kier molecular flexibility index (Phi) is 5.62. The van der Waals surface area contributed by atoms with Gasteiger partial charge in [-0.3, -0.25) is 0 Å². The summed E-state index contributed by atoms with van der Waals surface area (Å²) in [6, 6.07) is 7.33. The van der Waals surface area contributed by atoms with Crippen molar-refractivity contribution in [3.05, 3.63) is 34.9 Å². The van der Waals surface area contributed by atoms with Gasteiger partial charge in [0.25, 0.3) is 0 Å². The topological polar surface area (TPSA) is 21.3 Å². The van der Waals surface area contributed by atoms with Gasteiger partial charge in [0, 0.05) is 18.6 Å². The first-order valence-corrected chi connectivity index (χ1v) is 8.09. The van der Waals surface area contributed by atoms with Crippen molar-refractivity contribution in [2.75, 3.05) is 13.2 Å². The van der Waals surface area contributed by atoms with Crippen LogP contribution in [0.25, 0.3) is 0 Å². The molecular weight excluding hydrogens is 246 g/mol. The van der Waals surface area contributed by atoms with E-state index in [9.17, 15) is 0 Å². The highest BCUT2D eigenvalue weighted by atomic mass is 16.5. The van der Waals surface area contributed by atoms with Gasteiger partial charge in [0.1, 0.15) is 0 Å². The Labute approximate surface area is 123 Å². The zero-order valence-corrected chi connectivity index (χ0v) is 13.4. The molecule has 0 spiro atoms. The highest BCUT2D eigenvalue weighted by Crippen LogP contribution is 2.35. The Hall–Kier alpha value is -0.860. The molecule has 0 amide bonds. The molecule has 0 aliphatic carbocycles. The lowest BCUT2D eigenvalue weighted by Gasteiger charge is -2.29. The molecule has 1 saturated heterocycles. The van der Waals surface area contributed by atoms with Gasteiger partial charge in [-0.1, -0.05) is 32.0 Å². The average Bonchev–Trinajstić information content (AvgIpc) is 2.91. The third-order valence-corrected chi connectivity index (χ3v) is 4.60. The Morgan fingerprint density at radius 3 is 2.70 bits per heavy atom. The van der Waals surface area contributed by atoms with E-state index in [4.69, 9.17) is 4.74 Å². The molecule has 0 aromatic heterocycles. The van der Waals surface area contributed by atoms with E-state index < -0.39 is 0 Å². The third-order valence-electron chi connectivity index (χ3n) is 4.60. The number of nitrogens with one attached hydrogen (secondary N) is 1. The highest BCUT2D eigenvalue weighted by molar-refractivity contribution is 5.32. The molecule has 2 rings (SSSR count). The van der Waals surface area contributed by atoms with E-state index in [0.717, 1.165) is 19.6 Å². The maximum Gasteiger partial charge on any atom is 0.0619 e. The summed E-state index contributed by atoms with van der Waals surface area (Å²) in [6.45, 7) is 10.8. The maximum atomic E-state index is 5.91. The molecule has 3 atom stereocenters. The first-order valence-electron chi connectivity index (χ1n) is 8.09. The molecule has 0 saturated carbocycles. The summed E-state index contributed by atoms with van der Waals surface area (Å²) in [5.74, 6) is 0.605. The summed E-state index contributed by atoms with van der Waals surface area (Å²) in [5, 5.41) is 3.76. The zero-order chi connectivity index (χ0) is 14.5. The largest absolute Gasteiger partial charge is 0.378 e. The minimum absolute atomic E-state index is 0.408. The van der Waals surface area contributed by atoms with Crippen molar-refractivity contribution >= 4 is 0 Å². The summed E-state index contributed by atoms with van der Waals surface area (Å²) in [5.41, 5.74) is 4.19. The molecule has 1 aromatic rings. The molecule has 1 aliphatic rings. The van der Waals surface area contributed by atoms with Gasteiger partial charge >= 0.3 is 0 Å². The van der Waals surface area contributed by atoms with E-state index >= 15 is 0 Å². The fraction of sp³-hybridized carbons (Fsp3) is 0.667. The predicted octanol–water partition coefficient (Wildman–Crippen LogP) is 4.16. The molecule has 1 aliphatic heterocycles. The number of rotatable bonds is 6. The van der Waals surface area contributed by atoms with Crippen LogP contribution >= 0.6 is 0 Å². The number of hydrogen-bond acceptors (Lipinski definition) is 2. The van der Waals surface area contributed by atoms with Gasteiger partial charge in [-0.05, 0) is 56.3 Å². The van der Waals surface area contributed by atoms with E-state index in [-0.39, 0.29) is 0 Å². The van der Waals surface area contributed by atoms with E-state index in [1.165, 1.54) is 29.5 Å². The van der Waals surface area contributed by atoms with Gasteiger partial charge in [0.2, 0.25) is 0 Å². The van der Waals surface area contributed by atoms with Crippen molar-refractivity contribution < 1.29 is 4.74 Å². The highest BCUT2D eigenvalue weighted by Gasteiger charge is 2.34. The lowest BCUT2D eigenvalue weighted by molar-refractivity contribution is 0.0774. The van der Waals surface area contributed by atoms with E-state index in [1.807, 2.05) is 0 Å². The molecule has 0 bridgehead atoms. The van der Waals surface area contributed by atoms with Gasteiger partial charge in [-0.2, -0.15) is 0 Å². The molecule has 2 nitrogen and oxygen atoms in total. The third kappa shape index (κ3) is 3.42. The minimum atomic E-state index is 0.408. The summed E-state index contributed by atoms with van der Waals surface area (Å²) in [7, 11) is 0. The molecule has 20 heavy (non-hydrogen) atoms. The van der Waals surface area contributed by atoms with E-state index in [0.29, 0.717) is 18.1 Å². The minimum Gasteiger partial charge on any atom is -0.378 e. The van der Waals surface area contributed by atoms with Crippen molar-refractivity contribution in [2.24, 2.45) is 5.92 Å². The van der Waals surface area contributed by atoms with Crippen LogP contribution in [0.15, 0.2) is 18.2 Å². The van der Waals surface area contributed by atoms with Gasteiger partial charge in [0.15, 0.2) is 0 Å². The van der Waals surface area contributed by atoms with E-state index in [2.05, 4.69) is 51.2 Å². The SMILES string of the molecule is CCCNC(c1ccc(C)c(C)c1)C1CCOC1CC. The van der Waals surface area contributed by atoms with Crippen LogP contribution in [0.4, 0.5) is 0 Å². The van der Waals surface area contributed by atoms with Crippen LogP contribution in [-0.4, -0.2) is 19.3 Å². The van der Waals surface area contributed by atoms with Gasteiger partial charge in [-0.15, -0.1) is 0 Å². The van der Waals surface area contributed by atoms with Crippen LogP contribution in [0.1, 0.15) is 55.8 Å². The summed E-state index contributed by atoms with van der Waals surface area (Å²) in [4.78, 5) is 0. The summed E-state index contributed by atoms with van der Waals surface area (Å²) >= 11 is 0. The number of aryl methyl sites for hydroxylation is 2. The number of ether oxygens (including phenoxy) is 1. The molecule has 3 unspecified atom stereocenters. The monoisotopic (exact) mass is 275 g/mol. The Morgan fingerprint density at radius 2 is 2.05 bits per heavy atom. The van der Waals surface area contributed by atoms with Crippen molar-refractivity contribution in [1.82, 2.24) is 5.32 Å². The predicted molar refractivity (Wildman–Crippen MR) is 85.1 cm³/mol. The maximum absolute atomic E-state index is 5.91. The Morgan fingerprint density at radius 1 is 1.25 bits per heavy atom. The van der Waals surface area contributed by atoms with Crippen LogP contribution in [0.2, 0.25) is 0 Å². The molecule has 1 fully saturated rings. The first-order chi connectivity index (χ1) is 9.67. The second kappa shape index (κ2) is 7.24. The summed E-state index contributed by atoms with van der Waals surface area (Å²) in [6.07, 6.45) is 3.86. The molecular formula is C18H29NO. The van der Waals surface area contributed by atoms with Crippen molar-refractivity contribution in [2.45, 2.75) is 59.1 Å². The van der Waals surface area contributed by atoms with Crippen LogP contribution < -0.4 is 5.32 Å². The van der Waals surface area contributed by atoms with Crippen LogP contribution in [0.5, 0.6) is 0 Å². The normalized spacial score (nSPS) is 24.0. The molecule has 112 valence electrons. The Bertz CT molecular complexity index is 429. The van der Waals surface area contributed by atoms with Gasteiger partial charge < -0.3 is 10.1 Å². The lowest BCUT2D eigenvalue weighted by Crippen LogP contribution is -2.33. The fourth-order valence-corrected chi connectivity index (χ4v) is 3.24. The van der Waals surface area contributed by atoms with Crippen molar-refractivity contribution in [1.29, 1.82) is 0 Å². The van der Waals surface area contributed by atoms with Crippen LogP contribution in [0.3, 0.4) is 0 Å². The van der Waals surface area contributed by atoms with Crippen LogP contribution in [0, 0.1) is 19.8 Å². The smallest absolute Gasteiger partial charge is 0.0619 e. The Balaban J connectivity index is 2.23. The van der Waals surface area contributed by atoms with E-state index in [1.54, 1.807) is 0 Å². The second-order valence-corrected chi connectivity index (χ2v) is 6.05. The average molecular weight is 275 g/mol. The summed E-state index contributed by atoms with van der Waals surface area (Å²) < 4.78 is 5.91. The number of benzene rings is 1. The standard InChI is InChI=1S/C18H29NO/c1-5-10-19-18(16-9-11-20-17(16)6-2)15-8-7-13(3)14(4)12-15/h7-8,12,16-19H,5-6,9-11H2,1-4H3. The fourth-order valence-electron chi connectivity index (χ4n) is 3.24. The van der Waals surface area contributed by atoms with Gasteiger partial charge in [0.05, 0.1) is 6.10 Å². The zero-order valence-electron chi connectivity index (χ0n) is 13.4. The van der Waals surface area contributed by atoms with Gasteiger partial charge in [-0.25, -0.2) is 0 Å². The first kappa shape index (κ1) is 15.5. The molecule has 1 aromatic carbocycles. The van der Waals surface area contributed by atoms with Crippen molar-refractivity contribution in [3.63, 3.8) is 0 Å². The molecule has 1 heterocycles. The second-order valence-electron chi connectivity index (χ2n) is 6.05. The molecule has 2 heteroatoms.